The first-order valence-electron chi connectivity index (χ1n) is 7.82. The summed E-state index contributed by atoms with van der Waals surface area (Å²) in [7, 11) is 1.73. The van der Waals surface area contributed by atoms with E-state index in [0.29, 0.717) is 9.26 Å². The lowest BCUT2D eigenvalue weighted by Gasteiger charge is -2.10. The van der Waals surface area contributed by atoms with Gasteiger partial charge >= 0.3 is 5.97 Å². The highest BCUT2D eigenvalue weighted by molar-refractivity contribution is 14.1. The molecular formula is C17H16IN5O3. The summed E-state index contributed by atoms with van der Waals surface area (Å²) in [6.07, 6.45) is 3.11. The predicted molar refractivity (Wildman–Crippen MR) is 103 cm³/mol. The highest BCUT2D eigenvalue weighted by Gasteiger charge is 2.23. The van der Waals surface area contributed by atoms with Gasteiger partial charge in [-0.15, -0.1) is 0 Å². The van der Waals surface area contributed by atoms with Crippen LogP contribution >= 0.6 is 22.6 Å². The molecule has 0 fully saturated rings. The van der Waals surface area contributed by atoms with Crippen molar-refractivity contribution in [1.29, 1.82) is 0 Å². The number of carbonyl (C=O) groups is 2. The number of nitrogens with zero attached hydrogens (tertiary/aromatic N) is 4. The number of amides is 1. The smallest absolute Gasteiger partial charge is 0.343 e. The molecule has 0 aliphatic rings. The minimum atomic E-state index is -0.555. The van der Waals surface area contributed by atoms with Gasteiger partial charge in [0, 0.05) is 13.2 Å². The Morgan fingerprint density at radius 2 is 2.00 bits per heavy atom. The Bertz CT molecular complexity index is 949. The molecule has 0 bridgehead atoms. The highest BCUT2D eigenvalue weighted by Crippen LogP contribution is 2.22. The van der Waals surface area contributed by atoms with Crippen LogP contribution in [0, 0.1) is 3.57 Å². The number of hydrogen-bond acceptors (Lipinski definition) is 5. The SMILES string of the molecule is CCOC(=O)c1cnn(-c2ccccc2)c1NC(=O)c1nn(C)cc1I. The minimum Gasteiger partial charge on any atom is -0.462 e. The van der Waals surface area contributed by atoms with Gasteiger partial charge in [0.1, 0.15) is 5.56 Å². The Morgan fingerprint density at radius 1 is 1.27 bits per heavy atom. The Kier molecular flexibility index (Phi) is 5.35. The van der Waals surface area contributed by atoms with Crippen LogP contribution in [-0.2, 0) is 11.8 Å². The first-order chi connectivity index (χ1) is 12.5. The molecule has 0 aliphatic carbocycles. The lowest BCUT2D eigenvalue weighted by Crippen LogP contribution is -2.19. The number of rotatable bonds is 5. The first kappa shape index (κ1) is 18.1. The number of benzene rings is 1. The molecule has 8 nitrogen and oxygen atoms in total. The number of nitrogens with one attached hydrogen (secondary N) is 1. The van der Waals surface area contributed by atoms with E-state index < -0.39 is 11.9 Å². The monoisotopic (exact) mass is 465 g/mol. The van der Waals surface area contributed by atoms with Crippen molar-refractivity contribution >= 4 is 40.3 Å². The van der Waals surface area contributed by atoms with E-state index in [-0.39, 0.29) is 23.7 Å². The van der Waals surface area contributed by atoms with Crippen LogP contribution in [0.5, 0.6) is 0 Å². The number of ether oxygens (including phenoxy) is 1. The third-order valence-corrected chi connectivity index (χ3v) is 4.29. The number of para-hydroxylation sites is 1. The molecule has 1 amide bonds. The fourth-order valence-corrected chi connectivity index (χ4v) is 3.13. The second-order valence-electron chi connectivity index (χ2n) is 5.33. The van der Waals surface area contributed by atoms with E-state index in [1.807, 2.05) is 52.9 Å². The number of halogens is 1. The van der Waals surface area contributed by atoms with Crippen LogP contribution in [0.15, 0.2) is 42.7 Å². The van der Waals surface area contributed by atoms with Gasteiger partial charge < -0.3 is 10.1 Å². The summed E-state index contributed by atoms with van der Waals surface area (Å²) in [6, 6.07) is 9.20. The zero-order chi connectivity index (χ0) is 18.7. The normalized spacial score (nSPS) is 10.6. The third kappa shape index (κ3) is 3.62. The summed E-state index contributed by atoms with van der Waals surface area (Å²) in [4.78, 5) is 24.9. The van der Waals surface area contributed by atoms with E-state index in [1.54, 1.807) is 24.9 Å². The summed E-state index contributed by atoms with van der Waals surface area (Å²) in [6.45, 7) is 1.94. The molecule has 134 valence electrons. The number of carbonyl (C=O) groups excluding carboxylic acids is 2. The number of aryl methyl sites for hydroxylation is 1. The Morgan fingerprint density at radius 3 is 2.62 bits per heavy atom. The second kappa shape index (κ2) is 7.68. The number of anilines is 1. The van der Waals surface area contributed by atoms with E-state index in [1.165, 1.54) is 10.9 Å². The van der Waals surface area contributed by atoms with Gasteiger partial charge in [-0.2, -0.15) is 10.2 Å². The molecule has 1 N–H and O–H groups in total. The molecule has 0 atom stereocenters. The van der Waals surface area contributed by atoms with E-state index in [9.17, 15) is 9.59 Å². The molecule has 2 heterocycles. The molecule has 0 unspecified atom stereocenters. The van der Waals surface area contributed by atoms with Crippen LogP contribution < -0.4 is 5.32 Å². The van der Waals surface area contributed by atoms with Crippen LogP contribution in [0.3, 0.4) is 0 Å². The Hall–Kier alpha value is -2.69. The van der Waals surface area contributed by atoms with Gasteiger partial charge in [0.15, 0.2) is 11.5 Å². The lowest BCUT2D eigenvalue weighted by atomic mass is 10.3. The fraction of sp³-hybridized carbons (Fsp3) is 0.176. The third-order valence-electron chi connectivity index (χ3n) is 3.50. The minimum absolute atomic E-state index is 0.176. The van der Waals surface area contributed by atoms with Gasteiger partial charge in [-0.25, -0.2) is 9.48 Å². The van der Waals surface area contributed by atoms with E-state index >= 15 is 0 Å². The molecule has 0 spiro atoms. The summed E-state index contributed by atoms with van der Waals surface area (Å²) >= 11 is 2.04. The van der Waals surface area contributed by atoms with Crippen LogP contribution in [0.2, 0.25) is 0 Å². The molecule has 3 rings (SSSR count). The number of hydrogen-bond donors (Lipinski definition) is 1. The van der Waals surface area contributed by atoms with Gasteiger partial charge in [0.25, 0.3) is 5.91 Å². The number of esters is 1. The highest BCUT2D eigenvalue weighted by atomic mass is 127. The van der Waals surface area contributed by atoms with Gasteiger partial charge in [0.2, 0.25) is 0 Å². The molecule has 0 saturated heterocycles. The second-order valence-corrected chi connectivity index (χ2v) is 6.49. The van der Waals surface area contributed by atoms with Gasteiger partial charge in [-0.3, -0.25) is 9.48 Å². The first-order valence-corrected chi connectivity index (χ1v) is 8.90. The van der Waals surface area contributed by atoms with Crippen molar-refractivity contribution in [3.05, 3.63) is 57.6 Å². The van der Waals surface area contributed by atoms with E-state index in [0.717, 1.165) is 0 Å². The molecule has 0 saturated carbocycles. The van der Waals surface area contributed by atoms with Crippen molar-refractivity contribution in [3.8, 4) is 5.69 Å². The van der Waals surface area contributed by atoms with E-state index in [4.69, 9.17) is 4.74 Å². The van der Waals surface area contributed by atoms with Gasteiger partial charge in [0.05, 0.1) is 22.1 Å². The van der Waals surface area contributed by atoms with Gasteiger partial charge in [-0.1, -0.05) is 18.2 Å². The van der Waals surface area contributed by atoms with Crippen LogP contribution in [0.25, 0.3) is 5.69 Å². The molecule has 9 heteroatoms. The molecule has 26 heavy (non-hydrogen) atoms. The molecule has 0 radical (unpaired) electrons. The van der Waals surface area contributed by atoms with Crippen molar-refractivity contribution in [3.63, 3.8) is 0 Å². The van der Waals surface area contributed by atoms with Crippen LogP contribution in [-0.4, -0.2) is 38.0 Å². The topological polar surface area (TPSA) is 91.0 Å². The van der Waals surface area contributed by atoms with E-state index in [2.05, 4.69) is 15.5 Å². The average Bonchev–Trinajstić information content (AvgIpc) is 3.18. The summed E-state index contributed by atoms with van der Waals surface area (Å²) in [5.41, 5.74) is 1.15. The van der Waals surface area contributed by atoms with Crippen molar-refractivity contribution in [1.82, 2.24) is 19.6 Å². The Labute approximate surface area is 163 Å². The molecule has 1 aromatic carbocycles. The lowest BCUT2D eigenvalue weighted by molar-refractivity contribution is 0.0527. The molecule has 0 aliphatic heterocycles. The van der Waals surface area contributed by atoms with Crippen LogP contribution in [0.1, 0.15) is 27.8 Å². The summed E-state index contributed by atoms with van der Waals surface area (Å²) in [5, 5.41) is 11.1. The standard InChI is InChI=1S/C17H16IN5O3/c1-3-26-17(25)12-9-19-23(11-7-5-4-6-8-11)15(12)20-16(24)14-13(18)10-22(2)21-14/h4-10H,3H2,1-2H3,(H,20,24). The maximum absolute atomic E-state index is 12.7. The maximum atomic E-state index is 12.7. The zero-order valence-electron chi connectivity index (χ0n) is 14.1. The maximum Gasteiger partial charge on any atom is 0.343 e. The van der Waals surface area contributed by atoms with Crippen LogP contribution in [0.4, 0.5) is 5.82 Å². The van der Waals surface area contributed by atoms with Crippen molar-refractivity contribution in [2.45, 2.75) is 6.92 Å². The number of aromatic nitrogens is 4. The van der Waals surface area contributed by atoms with Crippen molar-refractivity contribution < 1.29 is 14.3 Å². The molecule has 3 aromatic rings. The average molecular weight is 465 g/mol. The quantitative estimate of drug-likeness (QED) is 0.462. The van der Waals surface area contributed by atoms with Crippen molar-refractivity contribution in [2.75, 3.05) is 11.9 Å². The molecule has 2 aromatic heterocycles. The fourth-order valence-electron chi connectivity index (χ4n) is 2.37. The zero-order valence-corrected chi connectivity index (χ0v) is 16.3. The molecular weight excluding hydrogens is 449 g/mol. The Balaban J connectivity index is 2.02. The predicted octanol–water partition coefficient (Wildman–Crippen LogP) is 2.64. The summed E-state index contributed by atoms with van der Waals surface area (Å²) < 4.78 is 8.81. The largest absolute Gasteiger partial charge is 0.462 e. The van der Waals surface area contributed by atoms with Crippen molar-refractivity contribution in [2.24, 2.45) is 7.05 Å². The van der Waals surface area contributed by atoms with Gasteiger partial charge in [-0.05, 0) is 41.6 Å². The summed E-state index contributed by atoms with van der Waals surface area (Å²) in [5.74, 6) is -0.750.